The molecule has 1 aromatic heterocycles. The van der Waals surface area contributed by atoms with Crippen molar-refractivity contribution in [2.45, 2.75) is 24.7 Å². The highest BCUT2D eigenvalue weighted by Crippen LogP contribution is 2.45. The molecule has 0 unspecified atom stereocenters. The lowest BCUT2D eigenvalue weighted by molar-refractivity contribution is 0.321. The van der Waals surface area contributed by atoms with Gasteiger partial charge in [-0.1, -0.05) is 64.9 Å². The first-order valence-corrected chi connectivity index (χ1v) is 12.1. The predicted molar refractivity (Wildman–Crippen MR) is 140 cm³/mol. The van der Waals surface area contributed by atoms with E-state index in [2.05, 4.69) is 83.4 Å². The Labute approximate surface area is 204 Å². The molecular formula is C29H26N2O2S. The molecule has 0 aliphatic heterocycles. The van der Waals surface area contributed by atoms with Crippen LogP contribution in [0.5, 0.6) is 5.75 Å². The van der Waals surface area contributed by atoms with Gasteiger partial charge in [-0.25, -0.2) is 0 Å². The van der Waals surface area contributed by atoms with Crippen molar-refractivity contribution in [3.8, 4) is 22.7 Å². The number of nitrogens with zero attached hydrogens (tertiary/aromatic N) is 2. The molecule has 5 heteroatoms. The van der Waals surface area contributed by atoms with Crippen molar-refractivity contribution >= 4 is 22.9 Å². The van der Waals surface area contributed by atoms with Crippen molar-refractivity contribution in [3.63, 3.8) is 0 Å². The number of allylic oxidation sites excluding steroid dienone is 1. The molecule has 1 N–H and O–H groups in total. The summed E-state index contributed by atoms with van der Waals surface area (Å²) in [5, 5.41) is 12.7. The van der Waals surface area contributed by atoms with Crippen LogP contribution in [0.15, 0.2) is 101 Å². The summed E-state index contributed by atoms with van der Waals surface area (Å²) < 4.78 is 7.74. The third-order valence-corrected chi connectivity index (χ3v) is 7.32. The van der Waals surface area contributed by atoms with Gasteiger partial charge in [-0.05, 0) is 73.4 Å². The minimum Gasteiger partial charge on any atom is -0.497 e. The van der Waals surface area contributed by atoms with E-state index < -0.39 is 0 Å². The van der Waals surface area contributed by atoms with Crippen LogP contribution in [0.4, 0.5) is 0 Å². The van der Waals surface area contributed by atoms with Gasteiger partial charge in [0.1, 0.15) is 5.75 Å². The SMILES string of the molecule is COc1ccc(-n2c(-c3ccccc3)cc3c2CCC(C=NO)=C3Sc2ccc(C)cc2)cc1. The van der Waals surface area contributed by atoms with Crippen LogP contribution < -0.4 is 4.74 Å². The monoisotopic (exact) mass is 466 g/mol. The highest BCUT2D eigenvalue weighted by Gasteiger charge is 2.26. The van der Waals surface area contributed by atoms with Gasteiger partial charge in [-0.15, -0.1) is 0 Å². The molecule has 0 fully saturated rings. The van der Waals surface area contributed by atoms with Gasteiger partial charge < -0.3 is 14.5 Å². The lowest BCUT2D eigenvalue weighted by Crippen LogP contribution is -2.09. The van der Waals surface area contributed by atoms with Crippen molar-refractivity contribution in [1.29, 1.82) is 0 Å². The molecule has 0 spiro atoms. The lowest BCUT2D eigenvalue weighted by atomic mass is 9.97. The van der Waals surface area contributed by atoms with Crippen LogP contribution in [0.1, 0.15) is 23.2 Å². The van der Waals surface area contributed by atoms with Gasteiger partial charge in [0.15, 0.2) is 0 Å². The average Bonchev–Trinajstić information content (AvgIpc) is 3.27. The zero-order chi connectivity index (χ0) is 23.5. The van der Waals surface area contributed by atoms with Gasteiger partial charge in [0, 0.05) is 26.7 Å². The van der Waals surface area contributed by atoms with E-state index in [9.17, 15) is 5.21 Å². The molecule has 0 saturated heterocycles. The van der Waals surface area contributed by atoms with Gasteiger partial charge in [-0.3, -0.25) is 0 Å². The number of methoxy groups -OCH3 is 1. The standard InChI is InChI=1S/C29H26N2O2S/c1-20-8-15-25(16-9-20)34-29-22(19-30-32)10-17-27-26(29)18-28(21-6-4-3-5-7-21)31(27)23-11-13-24(33-2)14-12-23/h3-9,11-16,18-19,32H,10,17H2,1-2H3. The van der Waals surface area contributed by atoms with E-state index >= 15 is 0 Å². The first kappa shape index (κ1) is 22.1. The molecule has 4 nitrogen and oxygen atoms in total. The van der Waals surface area contributed by atoms with Crippen LogP contribution in [0, 0.1) is 6.92 Å². The second-order valence-electron chi connectivity index (χ2n) is 8.30. The van der Waals surface area contributed by atoms with E-state index in [0.29, 0.717) is 0 Å². The Balaban J connectivity index is 1.70. The minimum atomic E-state index is 0.805. The second-order valence-corrected chi connectivity index (χ2v) is 9.39. The van der Waals surface area contributed by atoms with Crippen molar-refractivity contribution in [2.75, 3.05) is 7.11 Å². The summed E-state index contributed by atoms with van der Waals surface area (Å²) in [5.41, 5.74) is 8.11. The first-order chi connectivity index (χ1) is 16.7. The summed E-state index contributed by atoms with van der Waals surface area (Å²) in [4.78, 5) is 2.29. The van der Waals surface area contributed by atoms with E-state index in [1.54, 1.807) is 25.1 Å². The fraction of sp³-hybridized carbons (Fsp3) is 0.138. The van der Waals surface area contributed by atoms with Gasteiger partial charge in [0.2, 0.25) is 0 Å². The summed E-state index contributed by atoms with van der Waals surface area (Å²) in [5.74, 6) is 0.836. The molecule has 3 aromatic carbocycles. The number of oxime groups is 1. The van der Waals surface area contributed by atoms with Crippen molar-refractivity contribution in [3.05, 3.63) is 107 Å². The topological polar surface area (TPSA) is 46.8 Å². The Morgan fingerprint density at radius 2 is 1.68 bits per heavy atom. The molecule has 0 atom stereocenters. The Kier molecular flexibility index (Phi) is 6.28. The summed E-state index contributed by atoms with van der Waals surface area (Å²) in [7, 11) is 1.69. The predicted octanol–water partition coefficient (Wildman–Crippen LogP) is 7.37. The molecule has 0 amide bonds. The number of fused-ring (bicyclic) bond motifs is 1. The number of benzene rings is 3. The number of aryl methyl sites for hydroxylation is 1. The molecular weight excluding hydrogens is 440 g/mol. The Hall–Kier alpha value is -3.70. The third-order valence-electron chi connectivity index (χ3n) is 6.12. The maximum atomic E-state index is 9.36. The molecule has 34 heavy (non-hydrogen) atoms. The number of hydrogen-bond acceptors (Lipinski definition) is 4. The van der Waals surface area contributed by atoms with Crippen molar-refractivity contribution < 1.29 is 9.94 Å². The molecule has 4 aromatic rings. The van der Waals surface area contributed by atoms with Gasteiger partial charge in [-0.2, -0.15) is 0 Å². The summed E-state index contributed by atoms with van der Waals surface area (Å²) in [6.07, 6.45) is 3.25. The molecule has 1 aliphatic rings. The van der Waals surface area contributed by atoms with E-state index in [1.165, 1.54) is 16.8 Å². The molecule has 1 aliphatic carbocycles. The Bertz CT molecular complexity index is 1350. The smallest absolute Gasteiger partial charge is 0.119 e. The Morgan fingerprint density at radius 3 is 2.35 bits per heavy atom. The van der Waals surface area contributed by atoms with E-state index in [0.717, 1.165) is 50.9 Å². The zero-order valence-corrected chi connectivity index (χ0v) is 20.0. The Morgan fingerprint density at radius 1 is 0.941 bits per heavy atom. The summed E-state index contributed by atoms with van der Waals surface area (Å²) in [6.45, 7) is 2.09. The number of ether oxygens (including phenoxy) is 1. The van der Waals surface area contributed by atoms with Gasteiger partial charge >= 0.3 is 0 Å². The first-order valence-electron chi connectivity index (χ1n) is 11.3. The van der Waals surface area contributed by atoms with Crippen LogP contribution in [0.25, 0.3) is 21.8 Å². The third kappa shape index (κ3) is 4.27. The second kappa shape index (κ2) is 9.65. The molecule has 5 rings (SSSR count). The highest BCUT2D eigenvalue weighted by molar-refractivity contribution is 8.08. The fourth-order valence-corrected chi connectivity index (χ4v) is 5.50. The fourth-order valence-electron chi connectivity index (χ4n) is 4.42. The minimum absolute atomic E-state index is 0.805. The van der Waals surface area contributed by atoms with E-state index in [1.807, 2.05) is 18.2 Å². The average molecular weight is 467 g/mol. The molecule has 1 heterocycles. The van der Waals surface area contributed by atoms with Crippen LogP contribution in [-0.4, -0.2) is 23.1 Å². The molecule has 0 saturated carbocycles. The highest BCUT2D eigenvalue weighted by atomic mass is 32.2. The molecule has 0 radical (unpaired) electrons. The van der Waals surface area contributed by atoms with Crippen molar-refractivity contribution in [2.24, 2.45) is 5.16 Å². The number of hydrogen-bond donors (Lipinski definition) is 1. The summed E-state index contributed by atoms with van der Waals surface area (Å²) >= 11 is 1.73. The van der Waals surface area contributed by atoms with Crippen LogP contribution in [0.2, 0.25) is 0 Å². The maximum Gasteiger partial charge on any atom is 0.119 e. The lowest BCUT2D eigenvalue weighted by Gasteiger charge is -2.21. The number of aromatic nitrogens is 1. The van der Waals surface area contributed by atoms with Gasteiger partial charge in [0.05, 0.1) is 19.0 Å². The van der Waals surface area contributed by atoms with Gasteiger partial charge in [0.25, 0.3) is 0 Å². The zero-order valence-electron chi connectivity index (χ0n) is 19.2. The summed E-state index contributed by atoms with van der Waals surface area (Å²) in [6, 6.07) is 29.5. The van der Waals surface area contributed by atoms with Crippen LogP contribution >= 0.6 is 11.8 Å². The van der Waals surface area contributed by atoms with Crippen molar-refractivity contribution in [1.82, 2.24) is 4.57 Å². The molecule has 0 bridgehead atoms. The quantitative estimate of drug-likeness (QED) is 0.183. The largest absolute Gasteiger partial charge is 0.497 e. The van der Waals surface area contributed by atoms with Crippen LogP contribution in [-0.2, 0) is 6.42 Å². The van der Waals surface area contributed by atoms with Crippen LogP contribution in [0.3, 0.4) is 0 Å². The van der Waals surface area contributed by atoms with E-state index in [4.69, 9.17) is 4.74 Å². The maximum absolute atomic E-state index is 9.36. The van der Waals surface area contributed by atoms with E-state index in [-0.39, 0.29) is 0 Å². The molecule has 170 valence electrons. The normalized spacial score (nSPS) is 13.4. The number of rotatable bonds is 6. The number of thioether (sulfide) groups is 1.